The number of benzene rings is 1. The Hall–Kier alpha value is -4.08. The molecule has 0 bridgehead atoms. The first-order valence-corrected chi connectivity index (χ1v) is 13.5. The van der Waals surface area contributed by atoms with Gasteiger partial charge in [-0.3, -0.25) is 9.48 Å². The molecule has 1 aliphatic heterocycles. The molecule has 1 saturated carbocycles. The molecule has 2 amide bonds. The zero-order valence-corrected chi connectivity index (χ0v) is 23.2. The van der Waals surface area contributed by atoms with E-state index in [0.717, 1.165) is 53.8 Å². The van der Waals surface area contributed by atoms with Crippen molar-refractivity contribution >= 4 is 29.3 Å². The number of ether oxygens (including phenoxy) is 1. The molecule has 1 aliphatic carbocycles. The van der Waals surface area contributed by atoms with E-state index in [0.29, 0.717) is 23.7 Å². The third kappa shape index (κ3) is 5.84. The van der Waals surface area contributed by atoms with E-state index in [1.165, 1.54) is 0 Å². The fourth-order valence-corrected chi connectivity index (χ4v) is 5.37. The average molecular weight is 532 g/mol. The Morgan fingerprint density at radius 3 is 2.56 bits per heavy atom. The maximum absolute atomic E-state index is 13.0. The van der Waals surface area contributed by atoms with Gasteiger partial charge in [-0.05, 0) is 64.3 Å². The zero-order valence-electron chi connectivity index (χ0n) is 23.2. The Balaban J connectivity index is 1.56. The van der Waals surface area contributed by atoms with Gasteiger partial charge in [0.25, 0.3) is 5.91 Å². The number of hydrogen-bond donors (Lipinski definition) is 4. The molecule has 2 aromatic heterocycles. The van der Waals surface area contributed by atoms with Gasteiger partial charge in [0.05, 0.1) is 17.3 Å². The number of aromatic nitrogens is 3. The number of amides is 2. The number of alkyl carbamates (subject to hydrolysis) is 1. The highest BCUT2D eigenvalue weighted by Gasteiger charge is 2.34. The minimum Gasteiger partial charge on any atom is -0.444 e. The number of rotatable bonds is 6. The highest BCUT2D eigenvalue weighted by molar-refractivity contribution is 6.06. The molecular weight excluding hydrogens is 494 g/mol. The number of pyridine rings is 1. The van der Waals surface area contributed by atoms with Gasteiger partial charge in [0, 0.05) is 42.6 Å². The predicted octanol–water partition coefficient (Wildman–Crippen LogP) is 5.03. The first-order valence-electron chi connectivity index (χ1n) is 13.5. The van der Waals surface area contributed by atoms with E-state index >= 15 is 0 Å². The van der Waals surface area contributed by atoms with Gasteiger partial charge in [-0.15, -0.1) is 0 Å². The van der Waals surface area contributed by atoms with Gasteiger partial charge in [-0.2, -0.15) is 5.10 Å². The van der Waals surface area contributed by atoms with Crippen molar-refractivity contribution in [3.8, 4) is 11.3 Å². The van der Waals surface area contributed by atoms with Gasteiger partial charge in [-0.1, -0.05) is 25.0 Å². The smallest absolute Gasteiger partial charge is 0.407 e. The topological polar surface area (TPSA) is 122 Å². The normalized spacial score (nSPS) is 18.7. The highest BCUT2D eigenvalue weighted by Crippen LogP contribution is 2.39. The summed E-state index contributed by atoms with van der Waals surface area (Å²) < 4.78 is 7.33. The average Bonchev–Trinajstić information content (AvgIpc) is 3.45. The van der Waals surface area contributed by atoms with Crippen LogP contribution >= 0.6 is 0 Å². The van der Waals surface area contributed by atoms with Crippen molar-refractivity contribution in [3.63, 3.8) is 0 Å². The van der Waals surface area contributed by atoms with Crippen LogP contribution in [0.5, 0.6) is 0 Å². The number of fused-ring (bicyclic) bond motifs is 1. The van der Waals surface area contributed by atoms with Gasteiger partial charge in [-0.25, -0.2) is 9.78 Å². The molecule has 3 heterocycles. The van der Waals surface area contributed by atoms with Crippen molar-refractivity contribution < 1.29 is 14.3 Å². The summed E-state index contributed by atoms with van der Waals surface area (Å²) in [6, 6.07) is 9.70. The second kappa shape index (κ2) is 10.6. The minimum absolute atomic E-state index is 0.0688. The van der Waals surface area contributed by atoms with Crippen molar-refractivity contribution in [2.45, 2.75) is 77.6 Å². The Morgan fingerprint density at radius 2 is 1.87 bits per heavy atom. The van der Waals surface area contributed by atoms with Gasteiger partial charge in [0.2, 0.25) is 0 Å². The number of anilines is 3. The summed E-state index contributed by atoms with van der Waals surface area (Å²) in [4.78, 5) is 30.7. The fourth-order valence-electron chi connectivity index (χ4n) is 5.37. The standard InChI is InChI=1S/C29H37N7O3/c1-17-9-8-10-18(15-17)32-26-24-19(16-30-27(24)37)23(22-13-14-31-36(22)5)25(35-26)33-20-11-6-7-12-21(20)34-28(38)39-29(2,3)4/h8-10,13-15,20-21H,6-7,11-12,16H2,1-5H3,(H,30,37)(H,34,38)(H2,32,33,35)/t20-,21+/m1/s1. The van der Waals surface area contributed by atoms with Crippen molar-refractivity contribution in [2.24, 2.45) is 7.05 Å². The third-order valence-corrected chi connectivity index (χ3v) is 7.10. The lowest BCUT2D eigenvalue weighted by Crippen LogP contribution is -2.50. The Labute approximate surface area is 228 Å². The molecule has 0 saturated heterocycles. The molecule has 206 valence electrons. The molecule has 0 radical (unpaired) electrons. The zero-order chi connectivity index (χ0) is 27.7. The quantitative estimate of drug-likeness (QED) is 0.352. The van der Waals surface area contributed by atoms with Crippen LogP contribution in [0, 0.1) is 6.92 Å². The summed E-state index contributed by atoms with van der Waals surface area (Å²) >= 11 is 0. The van der Waals surface area contributed by atoms with Crippen molar-refractivity contribution in [2.75, 3.05) is 10.6 Å². The van der Waals surface area contributed by atoms with Crippen LogP contribution in [0.2, 0.25) is 0 Å². The van der Waals surface area contributed by atoms with Crippen LogP contribution in [0.15, 0.2) is 36.5 Å². The highest BCUT2D eigenvalue weighted by atomic mass is 16.6. The molecule has 1 aromatic carbocycles. The van der Waals surface area contributed by atoms with E-state index in [1.54, 1.807) is 10.9 Å². The second-order valence-electron chi connectivity index (χ2n) is 11.3. The summed E-state index contributed by atoms with van der Waals surface area (Å²) in [7, 11) is 1.88. The molecule has 10 nitrogen and oxygen atoms in total. The van der Waals surface area contributed by atoms with Crippen LogP contribution < -0.4 is 21.3 Å². The molecule has 2 atom stereocenters. The largest absolute Gasteiger partial charge is 0.444 e. The summed E-state index contributed by atoms with van der Waals surface area (Å²) in [5, 5.41) is 17.5. The van der Waals surface area contributed by atoms with Crippen molar-refractivity contribution in [1.82, 2.24) is 25.4 Å². The van der Waals surface area contributed by atoms with Gasteiger partial charge < -0.3 is 26.0 Å². The van der Waals surface area contributed by atoms with Gasteiger partial charge >= 0.3 is 6.09 Å². The van der Waals surface area contributed by atoms with Crippen molar-refractivity contribution in [3.05, 3.63) is 53.2 Å². The summed E-state index contributed by atoms with van der Waals surface area (Å²) in [6.45, 7) is 7.98. The van der Waals surface area contributed by atoms with E-state index in [4.69, 9.17) is 9.72 Å². The van der Waals surface area contributed by atoms with Crippen LogP contribution in [-0.4, -0.2) is 44.4 Å². The van der Waals surface area contributed by atoms with Gasteiger partial charge in [0.15, 0.2) is 0 Å². The predicted molar refractivity (Wildman–Crippen MR) is 151 cm³/mol. The number of hydrogen-bond acceptors (Lipinski definition) is 7. The lowest BCUT2D eigenvalue weighted by molar-refractivity contribution is 0.0488. The number of nitrogens with zero attached hydrogens (tertiary/aromatic N) is 3. The molecule has 1 fully saturated rings. The maximum Gasteiger partial charge on any atom is 0.407 e. The van der Waals surface area contributed by atoms with E-state index in [-0.39, 0.29) is 18.0 Å². The monoisotopic (exact) mass is 531 g/mol. The minimum atomic E-state index is -0.578. The maximum atomic E-state index is 13.0. The molecular formula is C29H37N7O3. The lowest BCUT2D eigenvalue weighted by atomic mass is 9.90. The molecule has 39 heavy (non-hydrogen) atoms. The van der Waals surface area contributed by atoms with Crippen LogP contribution in [0.25, 0.3) is 11.3 Å². The Bertz CT molecular complexity index is 1390. The Kier molecular flexibility index (Phi) is 7.20. The van der Waals surface area contributed by atoms with E-state index < -0.39 is 11.7 Å². The molecule has 5 rings (SSSR count). The van der Waals surface area contributed by atoms with Crippen LogP contribution in [0.3, 0.4) is 0 Å². The summed E-state index contributed by atoms with van der Waals surface area (Å²) in [5.74, 6) is 0.975. The number of carbonyl (C=O) groups is 2. The van der Waals surface area contributed by atoms with Crippen LogP contribution in [0.4, 0.5) is 22.1 Å². The van der Waals surface area contributed by atoms with Gasteiger partial charge in [0.1, 0.15) is 17.2 Å². The summed E-state index contributed by atoms with van der Waals surface area (Å²) in [5.41, 5.74) is 4.46. The molecule has 0 unspecified atom stereocenters. The second-order valence-corrected chi connectivity index (χ2v) is 11.3. The van der Waals surface area contributed by atoms with Crippen LogP contribution in [-0.2, 0) is 18.3 Å². The first kappa shape index (κ1) is 26.5. The molecule has 3 aromatic rings. The fraction of sp³-hybridized carbons (Fsp3) is 0.448. The Morgan fingerprint density at radius 1 is 1.10 bits per heavy atom. The molecule has 4 N–H and O–H groups in total. The van der Waals surface area contributed by atoms with E-state index in [2.05, 4.69) is 26.4 Å². The van der Waals surface area contributed by atoms with Crippen molar-refractivity contribution in [1.29, 1.82) is 0 Å². The first-order chi connectivity index (χ1) is 18.6. The molecule has 0 spiro atoms. The SMILES string of the molecule is Cc1cccc(Nc2nc(N[C@@H]3CCCC[C@@H]3NC(=O)OC(C)(C)C)c(-c3ccnn3C)c3c2C(=O)NC3)c1. The molecule has 2 aliphatic rings. The van der Waals surface area contributed by atoms with Crippen LogP contribution in [0.1, 0.15) is 67.9 Å². The number of aryl methyl sites for hydroxylation is 2. The van der Waals surface area contributed by atoms with E-state index in [1.807, 2.05) is 65.1 Å². The number of nitrogens with one attached hydrogen (secondary N) is 4. The van der Waals surface area contributed by atoms with E-state index in [9.17, 15) is 9.59 Å². The third-order valence-electron chi connectivity index (χ3n) is 7.10. The number of carbonyl (C=O) groups excluding carboxylic acids is 2. The lowest BCUT2D eigenvalue weighted by Gasteiger charge is -2.34. The molecule has 10 heteroatoms. The summed E-state index contributed by atoms with van der Waals surface area (Å²) in [6.07, 6.45) is 5.06.